The van der Waals surface area contributed by atoms with Gasteiger partial charge in [0, 0.05) is 42.6 Å². The van der Waals surface area contributed by atoms with Gasteiger partial charge in [0.2, 0.25) is 0 Å². The molecule has 196 valence electrons. The number of anilines is 2. The Morgan fingerprint density at radius 2 is 1.89 bits per heavy atom. The van der Waals surface area contributed by atoms with Gasteiger partial charge in [0.1, 0.15) is 11.4 Å². The number of hydrogen-bond donors (Lipinski definition) is 2. The van der Waals surface area contributed by atoms with Crippen molar-refractivity contribution in [1.82, 2.24) is 4.90 Å². The van der Waals surface area contributed by atoms with Crippen LogP contribution < -0.4 is 15.0 Å². The first-order valence-electron chi connectivity index (χ1n) is 12.6. The molecule has 0 saturated carbocycles. The fraction of sp³-hybridized carbons (Fsp3) is 0.500. The number of ether oxygens (including phenoxy) is 2. The van der Waals surface area contributed by atoms with Crippen LogP contribution >= 0.6 is 0 Å². The molecular weight excluding hydrogens is 458 g/mol. The van der Waals surface area contributed by atoms with Crippen molar-refractivity contribution in [3.8, 4) is 5.75 Å². The summed E-state index contributed by atoms with van der Waals surface area (Å²) in [5.41, 5.74) is 2.20. The summed E-state index contributed by atoms with van der Waals surface area (Å²) < 4.78 is 11.2. The van der Waals surface area contributed by atoms with Crippen LogP contribution in [0, 0.1) is 0 Å². The fourth-order valence-corrected chi connectivity index (χ4v) is 4.10. The van der Waals surface area contributed by atoms with Gasteiger partial charge >= 0.3 is 6.09 Å². The fourth-order valence-electron chi connectivity index (χ4n) is 4.10. The number of carbonyl (C=O) groups excluding carboxylic acids is 2. The lowest BCUT2D eigenvalue weighted by atomic mass is 10.1. The van der Waals surface area contributed by atoms with Crippen molar-refractivity contribution in [2.45, 2.75) is 65.2 Å². The van der Waals surface area contributed by atoms with Crippen LogP contribution in [0.4, 0.5) is 16.2 Å². The molecule has 0 aromatic heterocycles. The van der Waals surface area contributed by atoms with E-state index in [0.29, 0.717) is 30.0 Å². The topological polar surface area (TPSA) is 91.3 Å². The van der Waals surface area contributed by atoms with E-state index in [0.717, 1.165) is 37.2 Å². The molecule has 1 aliphatic heterocycles. The van der Waals surface area contributed by atoms with Gasteiger partial charge in [-0.05, 0) is 76.1 Å². The molecule has 0 spiro atoms. The third-order valence-corrected chi connectivity index (χ3v) is 6.12. The highest BCUT2D eigenvalue weighted by Crippen LogP contribution is 2.29. The summed E-state index contributed by atoms with van der Waals surface area (Å²) in [7, 11) is 1.76. The number of rotatable bonds is 9. The van der Waals surface area contributed by atoms with E-state index in [-0.39, 0.29) is 24.6 Å². The van der Waals surface area contributed by atoms with Crippen molar-refractivity contribution >= 4 is 23.4 Å². The van der Waals surface area contributed by atoms with Gasteiger partial charge in [0.05, 0.1) is 19.3 Å². The SMILES string of the molecule is CCCCOc1ccc(C(=O)Nc2ccc(N3CCC(N(C)C(=O)OC(C)(C)C)C3)c(CO)c2)cc1. The Kier molecular flexibility index (Phi) is 9.20. The highest BCUT2D eigenvalue weighted by molar-refractivity contribution is 6.04. The van der Waals surface area contributed by atoms with E-state index < -0.39 is 5.60 Å². The van der Waals surface area contributed by atoms with Gasteiger partial charge in [-0.25, -0.2) is 4.79 Å². The number of nitrogens with zero attached hydrogens (tertiary/aromatic N) is 2. The normalized spacial score (nSPS) is 15.5. The molecule has 8 nitrogen and oxygen atoms in total. The van der Waals surface area contributed by atoms with Gasteiger partial charge in [-0.3, -0.25) is 4.79 Å². The molecule has 0 bridgehead atoms. The molecule has 3 rings (SSSR count). The quantitative estimate of drug-likeness (QED) is 0.471. The second kappa shape index (κ2) is 12.1. The molecule has 36 heavy (non-hydrogen) atoms. The summed E-state index contributed by atoms with van der Waals surface area (Å²) >= 11 is 0. The van der Waals surface area contributed by atoms with Crippen molar-refractivity contribution in [2.75, 3.05) is 37.0 Å². The van der Waals surface area contributed by atoms with Gasteiger partial charge in [0.15, 0.2) is 0 Å². The van der Waals surface area contributed by atoms with Crippen LogP contribution in [0.2, 0.25) is 0 Å². The summed E-state index contributed by atoms with van der Waals surface area (Å²) in [6.07, 6.45) is 2.52. The van der Waals surface area contributed by atoms with E-state index in [1.165, 1.54) is 0 Å². The molecule has 1 unspecified atom stereocenters. The molecule has 1 atom stereocenters. The van der Waals surface area contributed by atoms with Crippen LogP contribution in [0.1, 0.15) is 62.9 Å². The zero-order valence-electron chi connectivity index (χ0n) is 22.0. The molecule has 2 aromatic rings. The van der Waals surface area contributed by atoms with Crippen LogP contribution in [0.25, 0.3) is 0 Å². The molecule has 1 aliphatic rings. The summed E-state index contributed by atoms with van der Waals surface area (Å²) in [6, 6.07) is 12.6. The van der Waals surface area contributed by atoms with Crippen LogP contribution in [0.15, 0.2) is 42.5 Å². The Labute approximate surface area is 214 Å². The average Bonchev–Trinajstić information content (AvgIpc) is 3.33. The Hall–Kier alpha value is -3.26. The minimum atomic E-state index is -0.543. The van der Waals surface area contributed by atoms with Gasteiger partial charge < -0.3 is 29.7 Å². The average molecular weight is 498 g/mol. The summed E-state index contributed by atoms with van der Waals surface area (Å²) in [6.45, 7) is 9.56. The van der Waals surface area contributed by atoms with Crippen molar-refractivity contribution < 1.29 is 24.2 Å². The van der Waals surface area contributed by atoms with Gasteiger partial charge in [-0.1, -0.05) is 13.3 Å². The summed E-state index contributed by atoms with van der Waals surface area (Å²) in [5.74, 6) is 0.514. The van der Waals surface area contributed by atoms with E-state index >= 15 is 0 Å². The highest BCUT2D eigenvalue weighted by Gasteiger charge is 2.31. The number of aliphatic hydroxyl groups excluding tert-OH is 1. The third-order valence-electron chi connectivity index (χ3n) is 6.12. The molecule has 1 fully saturated rings. The number of benzene rings is 2. The van der Waals surface area contributed by atoms with Crippen LogP contribution in [-0.4, -0.2) is 60.4 Å². The number of carbonyl (C=O) groups is 2. The van der Waals surface area contributed by atoms with Crippen molar-refractivity contribution in [2.24, 2.45) is 0 Å². The van der Waals surface area contributed by atoms with Gasteiger partial charge in [-0.15, -0.1) is 0 Å². The van der Waals surface area contributed by atoms with Gasteiger partial charge in [0.25, 0.3) is 5.91 Å². The smallest absolute Gasteiger partial charge is 0.410 e. The van der Waals surface area contributed by atoms with Crippen molar-refractivity contribution in [3.05, 3.63) is 53.6 Å². The molecule has 2 amide bonds. The Balaban J connectivity index is 1.62. The zero-order valence-corrected chi connectivity index (χ0v) is 22.0. The molecular formula is C28H39N3O5. The predicted octanol–water partition coefficient (Wildman–Crippen LogP) is 5.06. The molecule has 2 N–H and O–H groups in total. The number of amides is 2. The molecule has 2 aromatic carbocycles. The highest BCUT2D eigenvalue weighted by atomic mass is 16.6. The zero-order chi connectivity index (χ0) is 26.3. The molecule has 8 heteroatoms. The van der Waals surface area contributed by atoms with Crippen LogP contribution in [0.3, 0.4) is 0 Å². The molecule has 1 heterocycles. The maximum Gasteiger partial charge on any atom is 0.410 e. The third kappa shape index (κ3) is 7.37. The first kappa shape index (κ1) is 27.3. The lowest BCUT2D eigenvalue weighted by molar-refractivity contribution is 0.0237. The van der Waals surface area contributed by atoms with E-state index in [1.807, 2.05) is 32.9 Å². The minimum absolute atomic E-state index is 0.0136. The minimum Gasteiger partial charge on any atom is -0.494 e. The monoisotopic (exact) mass is 497 g/mol. The van der Waals surface area contributed by atoms with E-state index in [2.05, 4.69) is 17.1 Å². The Morgan fingerprint density at radius 3 is 2.53 bits per heavy atom. The second-order valence-electron chi connectivity index (χ2n) is 10.2. The van der Waals surface area contributed by atoms with E-state index in [9.17, 15) is 14.7 Å². The Bertz CT molecular complexity index is 1030. The van der Waals surface area contributed by atoms with Crippen LogP contribution in [0.5, 0.6) is 5.75 Å². The number of likely N-dealkylation sites (N-methyl/N-ethyl adjacent to an activating group) is 1. The lowest BCUT2D eigenvalue weighted by Crippen LogP contribution is -2.42. The standard InChI is InChI=1S/C28H39N3O5/c1-6-7-16-35-24-11-8-20(9-12-24)26(33)29-22-10-13-25(21(17-22)19-32)31-15-14-23(18-31)30(5)27(34)36-28(2,3)4/h8-13,17,23,32H,6-7,14-16,18-19H2,1-5H3,(H,29,33). The number of hydrogen-bond acceptors (Lipinski definition) is 6. The maximum atomic E-state index is 12.7. The summed E-state index contributed by atoms with van der Waals surface area (Å²) in [5, 5.41) is 12.9. The first-order chi connectivity index (χ1) is 17.1. The van der Waals surface area contributed by atoms with E-state index in [1.54, 1.807) is 42.3 Å². The second-order valence-corrected chi connectivity index (χ2v) is 10.2. The molecule has 1 saturated heterocycles. The van der Waals surface area contributed by atoms with E-state index in [4.69, 9.17) is 9.47 Å². The largest absolute Gasteiger partial charge is 0.494 e. The maximum absolute atomic E-state index is 12.7. The first-order valence-corrected chi connectivity index (χ1v) is 12.6. The van der Waals surface area contributed by atoms with Crippen molar-refractivity contribution in [1.29, 1.82) is 0 Å². The van der Waals surface area contributed by atoms with Crippen molar-refractivity contribution in [3.63, 3.8) is 0 Å². The summed E-state index contributed by atoms with van der Waals surface area (Å²) in [4.78, 5) is 29.0. The number of aliphatic hydroxyl groups is 1. The van der Waals surface area contributed by atoms with Gasteiger partial charge in [-0.2, -0.15) is 0 Å². The number of unbranched alkanes of at least 4 members (excludes halogenated alkanes) is 1. The molecule has 0 radical (unpaired) electrons. The molecule has 0 aliphatic carbocycles. The lowest BCUT2D eigenvalue weighted by Gasteiger charge is -2.29. The number of nitrogens with one attached hydrogen (secondary N) is 1. The predicted molar refractivity (Wildman–Crippen MR) is 142 cm³/mol. The Morgan fingerprint density at radius 1 is 1.17 bits per heavy atom. The van der Waals surface area contributed by atoms with Crippen LogP contribution in [-0.2, 0) is 11.3 Å².